The topological polar surface area (TPSA) is 105 Å². The lowest BCUT2D eigenvalue weighted by atomic mass is 9.96. The zero-order valence-electron chi connectivity index (χ0n) is 23.8. The molecule has 44 heavy (non-hydrogen) atoms. The maximum Gasteiger partial charge on any atom is 0.490 e. The van der Waals surface area contributed by atoms with E-state index in [1.165, 1.54) is 12.1 Å². The van der Waals surface area contributed by atoms with E-state index in [2.05, 4.69) is 25.8 Å². The number of alkyl halides is 3. The molecule has 1 saturated heterocycles. The molecule has 230 valence electrons. The number of carbonyl (C=O) groups is 2. The minimum Gasteiger partial charge on any atom is -0.475 e. The number of fused-ring (bicyclic) bond motifs is 2. The first-order chi connectivity index (χ1) is 21.0. The molecular formula is C31H30F4N6O3. The molecule has 2 N–H and O–H groups in total. The first kappa shape index (κ1) is 30.5. The van der Waals surface area contributed by atoms with Gasteiger partial charge < -0.3 is 24.5 Å². The van der Waals surface area contributed by atoms with Crippen molar-refractivity contribution in [2.45, 2.75) is 32.1 Å². The maximum atomic E-state index is 13.4. The lowest BCUT2D eigenvalue weighted by Crippen LogP contribution is -2.41. The van der Waals surface area contributed by atoms with Gasteiger partial charge in [0.05, 0.1) is 35.2 Å². The molecule has 3 aromatic carbocycles. The highest BCUT2D eigenvalue weighted by atomic mass is 19.4. The summed E-state index contributed by atoms with van der Waals surface area (Å²) in [5, 5.41) is 10.2. The summed E-state index contributed by atoms with van der Waals surface area (Å²) in [5.41, 5.74) is 4.99. The summed E-state index contributed by atoms with van der Waals surface area (Å²) < 4.78 is 49.4. The largest absolute Gasteiger partial charge is 0.490 e. The quantitative estimate of drug-likeness (QED) is 0.254. The van der Waals surface area contributed by atoms with Gasteiger partial charge in [0.15, 0.2) is 0 Å². The van der Waals surface area contributed by atoms with Crippen LogP contribution < -0.4 is 10.2 Å². The van der Waals surface area contributed by atoms with Gasteiger partial charge in [0, 0.05) is 26.1 Å². The second-order valence-electron chi connectivity index (χ2n) is 10.5. The van der Waals surface area contributed by atoms with E-state index in [9.17, 15) is 22.4 Å². The van der Waals surface area contributed by atoms with E-state index in [0.717, 1.165) is 65.3 Å². The zero-order chi connectivity index (χ0) is 31.4. The zero-order valence-corrected chi connectivity index (χ0v) is 23.8. The van der Waals surface area contributed by atoms with Gasteiger partial charge >= 0.3 is 12.1 Å². The van der Waals surface area contributed by atoms with Crippen molar-refractivity contribution in [1.29, 1.82) is 0 Å². The number of aliphatic carboxylic acids is 1. The second kappa shape index (κ2) is 12.7. The fourth-order valence-electron chi connectivity index (χ4n) is 5.24. The third-order valence-corrected chi connectivity index (χ3v) is 7.58. The molecule has 1 aliphatic heterocycles. The maximum absolute atomic E-state index is 13.4. The van der Waals surface area contributed by atoms with Crippen LogP contribution in [-0.2, 0) is 29.7 Å². The van der Waals surface area contributed by atoms with Gasteiger partial charge in [0.1, 0.15) is 11.6 Å². The minimum absolute atomic E-state index is 0.0409. The van der Waals surface area contributed by atoms with E-state index in [0.29, 0.717) is 13.1 Å². The average molecular weight is 611 g/mol. The van der Waals surface area contributed by atoms with Crippen molar-refractivity contribution in [2.75, 3.05) is 18.0 Å². The van der Waals surface area contributed by atoms with E-state index < -0.39 is 12.1 Å². The molecule has 0 spiro atoms. The molecule has 5 aromatic rings. The molecule has 9 nitrogen and oxygen atoms in total. The number of anilines is 1. The predicted octanol–water partition coefficient (Wildman–Crippen LogP) is 5.28. The van der Waals surface area contributed by atoms with Crippen molar-refractivity contribution in [3.8, 4) is 0 Å². The number of carboxylic acids is 1. The molecule has 0 aliphatic carbocycles. The van der Waals surface area contributed by atoms with Crippen LogP contribution >= 0.6 is 0 Å². The number of aryl methyl sites for hydroxylation is 1. The van der Waals surface area contributed by atoms with Crippen LogP contribution in [0.25, 0.3) is 22.1 Å². The normalized spacial score (nSPS) is 14.0. The van der Waals surface area contributed by atoms with E-state index in [-0.39, 0.29) is 17.6 Å². The van der Waals surface area contributed by atoms with Gasteiger partial charge in [-0.2, -0.15) is 13.2 Å². The van der Waals surface area contributed by atoms with E-state index in [1.54, 1.807) is 0 Å². The summed E-state index contributed by atoms with van der Waals surface area (Å²) in [6.07, 6.45) is -3.57. The standard InChI is InChI=1S/C29H29FN6O.C2HF3O2/c1-34-25-8-4-2-6-23(25)32-27(34)18-31-28(37)21-14-16-35(17-15-21)29-33-24-7-3-5-9-26(24)36(29)19-20-10-12-22(30)13-11-20;3-2(4,5)1(6)7/h2-13,21H,14-19H2,1H3,(H,31,37);(H,6,7). The van der Waals surface area contributed by atoms with Crippen LogP contribution in [0, 0.1) is 11.7 Å². The summed E-state index contributed by atoms with van der Waals surface area (Å²) in [7, 11) is 1.98. The second-order valence-corrected chi connectivity index (χ2v) is 10.5. The Morgan fingerprint density at radius 3 is 2.07 bits per heavy atom. The van der Waals surface area contributed by atoms with Gasteiger partial charge in [-0.05, 0) is 54.8 Å². The summed E-state index contributed by atoms with van der Waals surface area (Å²) in [5.74, 6) is -1.22. The number of hydrogen-bond donors (Lipinski definition) is 2. The van der Waals surface area contributed by atoms with Crippen LogP contribution in [0.5, 0.6) is 0 Å². The van der Waals surface area contributed by atoms with Gasteiger partial charge in [-0.1, -0.05) is 36.4 Å². The fourth-order valence-corrected chi connectivity index (χ4v) is 5.24. The van der Waals surface area contributed by atoms with Crippen molar-refractivity contribution < 1.29 is 32.3 Å². The number of nitrogens with one attached hydrogen (secondary N) is 1. The number of hydrogen-bond acceptors (Lipinski definition) is 5. The van der Waals surface area contributed by atoms with Gasteiger partial charge in [-0.15, -0.1) is 0 Å². The average Bonchev–Trinajstić information content (AvgIpc) is 3.54. The Labute approximate surface area is 249 Å². The van der Waals surface area contributed by atoms with Gasteiger partial charge in [0.2, 0.25) is 11.9 Å². The molecule has 1 aliphatic rings. The van der Waals surface area contributed by atoms with Crippen molar-refractivity contribution in [3.05, 3.63) is 90.0 Å². The van der Waals surface area contributed by atoms with Crippen LogP contribution in [0.4, 0.5) is 23.5 Å². The molecule has 0 bridgehead atoms. The number of piperidine rings is 1. The number of aromatic nitrogens is 4. The van der Waals surface area contributed by atoms with Gasteiger partial charge in [-0.3, -0.25) is 4.79 Å². The van der Waals surface area contributed by atoms with Gasteiger partial charge in [0.25, 0.3) is 0 Å². The summed E-state index contributed by atoms with van der Waals surface area (Å²) in [4.78, 5) is 33.7. The Morgan fingerprint density at radius 1 is 0.909 bits per heavy atom. The molecule has 3 heterocycles. The van der Waals surface area contributed by atoms with Crippen LogP contribution in [0.1, 0.15) is 24.2 Å². The Morgan fingerprint density at radius 2 is 1.48 bits per heavy atom. The Hall–Kier alpha value is -4.94. The summed E-state index contributed by atoms with van der Waals surface area (Å²) in [6, 6.07) is 22.7. The molecule has 1 amide bonds. The number of amides is 1. The first-order valence-electron chi connectivity index (χ1n) is 13.9. The Bertz CT molecular complexity index is 1770. The molecule has 2 aromatic heterocycles. The molecule has 6 rings (SSSR count). The monoisotopic (exact) mass is 610 g/mol. The number of carbonyl (C=O) groups excluding carboxylic acids is 1. The summed E-state index contributed by atoms with van der Waals surface area (Å²) in [6.45, 7) is 2.51. The Kier molecular flexibility index (Phi) is 8.83. The lowest BCUT2D eigenvalue weighted by molar-refractivity contribution is -0.192. The third kappa shape index (κ3) is 6.82. The highest BCUT2D eigenvalue weighted by molar-refractivity contribution is 5.81. The predicted molar refractivity (Wildman–Crippen MR) is 156 cm³/mol. The van der Waals surface area contributed by atoms with E-state index in [1.807, 2.05) is 66.2 Å². The molecular weight excluding hydrogens is 580 g/mol. The highest BCUT2D eigenvalue weighted by Gasteiger charge is 2.38. The number of rotatable bonds is 6. The first-order valence-corrected chi connectivity index (χ1v) is 13.9. The molecule has 0 saturated carbocycles. The Balaban J connectivity index is 0.000000493. The number of carboxylic acid groups (broad SMARTS) is 1. The number of benzene rings is 3. The van der Waals surface area contributed by atoms with Gasteiger partial charge in [-0.25, -0.2) is 19.2 Å². The van der Waals surface area contributed by atoms with E-state index in [4.69, 9.17) is 14.9 Å². The molecule has 0 radical (unpaired) electrons. The van der Waals surface area contributed by atoms with Crippen LogP contribution in [-0.4, -0.2) is 55.4 Å². The van der Waals surface area contributed by atoms with Crippen molar-refractivity contribution in [2.24, 2.45) is 13.0 Å². The van der Waals surface area contributed by atoms with Crippen LogP contribution in [0.15, 0.2) is 72.8 Å². The highest BCUT2D eigenvalue weighted by Crippen LogP contribution is 2.28. The molecule has 1 fully saturated rings. The van der Waals surface area contributed by atoms with Crippen LogP contribution in [0.3, 0.4) is 0 Å². The van der Waals surface area contributed by atoms with E-state index >= 15 is 0 Å². The SMILES string of the molecule is Cn1c(CNC(=O)C2CCN(c3nc4ccccc4n3Cc3ccc(F)cc3)CC2)nc2ccccc21.O=C(O)C(F)(F)F. The third-order valence-electron chi connectivity index (χ3n) is 7.58. The molecule has 0 atom stereocenters. The van der Waals surface area contributed by atoms with Crippen LogP contribution in [0.2, 0.25) is 0 Å². The number of halogens is 4. The van der Waals surface area contributed by atoms with Crippen molar-refractivity contribution in [3.63, 3.8) is 0 Å². The molecule has 0 unspecified atom stereocenters. The number of imidazole rings is 2. The smallest absolute Gasteiger partial charge is 0.475 e. The van der Waals surface area contributed by atoms with Crippen molar-refractivity contribution in [1.82, 2.24) is 24.4 Å². The summed E-state index contributed by atoms with van der Waals surface area (Å²) >= 11 is 0. The molecule has 13 heteroatoms. The minimum atomic E-state index is -5.08. The number of nitrogens with zero attached hydrogens (tertiary/aromatic N) is 5. The van der Waals surface area contributed by atoms with Crippen molar-refractivity contribution >= 4 is 39.9 Å². The fraction of sp³-hybridized carbons (Fsp3) is 0.290. The number of para-hydroxylation sites is 4. The lowest BCUT2D eigenvalue weighted by Gasteiger charge is -2.32.